The summed E-state index contributed by atoms with van der Waals surface area (Å²) in [5, 5.41) is 9.29. The van der Waals surface area contributed by atoms with Crippen molar-refractivity contribution in [3.63, 3.8) is 0 Å². The third-order valence-electron chi connectivity index (χ3n) is 2.94. The first kappa shape index (κ1) is 15.2. The fourth-order valence-corrected chi connectivity index (χ4v) is 1.98. The molecule has 0 spiro atoms. The van der Waals surface area contributed by atoms with Crippen LogP contribution in [0, 0.1) is 6.92 Å². The number of aliphatic hydroxyl groups excluding tert-OH is 1. The molecule has 0 aliphatic heterocycles. The van der Waals surface area contributed by atoms with Gasteiger partial charge in [0.05, 0.1) is 0 Å². The van der Waals surface area contributed by atoms with Crippen molar-refractivity contribution in [3.8, 4) is 0 Å². The molecular formula is C13H22ClN3O. The van der Waals surface area contributed by atoms with Crippen LogP contribution in [0.1, 0.15) is 37.6 Å². The van der Waals surface area contributed by atoms with E-state index in [2.05, 4.69) is 14.9 Å². The number of aromatic nitrogens is 2. The van der Waals surface area contributed by atoms with Gasteiger partial charge in [-0.2, -0.15) is 0 Å². The average molecular weight is 272 g/mol. The van der Waals surface area contributed by atoms with Crippen LogP contribution in [-0.2, 0) is 6.42 Å². The van der Waals surface area contributed by atoms with E-state index in [4.69, 9.17) is 16.7 Å². The Kier molecular flexibility index (Phi) is 6.36. The largest absolute Gasteiger partial charge is 0.396 e. The number of rotatable bonds is 7. The highest BCUT2D eigenvalue weighted by Gasteiger charge is 2.12. The highest BCUT2D eigenvalue weighted by atomic mass is 35.5. The van der Waals surface area contributed by atoms with E-state index in [0.717, 1.165) is 49.4 Å². The molecule has 102 valence electrons. The van der Waals surface area contributed by atoms with Crippen molar-refractivity contribution in [2.75, 3.05) is 25.1 Å². The van der Waals surface area contributed by atoms with Crippen molar-refractivity contribution in [3.05, 3.63) is 16.5 Å². The van der Waals surface area contributed by atoms with Gasteiger partial charge in [0.2, 0.25) is 0 Å². The van der Waals surface area contributed by atoms with E-state index in [9.17, 15) is 0 Å². The molecule has 0 radical (unpaired) electrons. The smallest absolute Gasteiger partial charge is 0.137 e. The lowest BCUT2D eigenvalue weighted by atomic mass is 10.2. The van der Waals surface area contributed by atoms with Crippen molar-refractivity contribution in [1.82, 2.24) is 9.97 Å². The van der Waals surface area contributed by atoms with Gasteiger partial charge in [0.1, 0.15) is 16.8 Å². The number of aryl methyl sites for hydroxylation is 1. The molecule has 0 saturated heterocycles. The summed E-state index contributed by atoms with van der Waals surface area (Å²) in [6.07, 6.45) is 3.71. The molecule has 0 bridgehead atoms. The lowest BCUT2D eigenvalue weighted by Crippen LogP contribution is -2.22. The number of unbranched alkanes of at least 4 members (excludes halogenated alkanes) is 2. The Morgan fingerprint density at radius 2 is 1.94 bits per heavy atom. The molecule has 1 aromatic heterocycles. The van der Waals surface area contributed by atoms with Gasteiger partial charge in [-0.15, -0.1) is 0 Å². The number of nitrogens with zero attached hydrogens (tertiary/aromatic N) is 3. The van der Waals surface area contributed by atoms with Crippen LogP contribution in [0.3, 0.4) is 0 Å². The lowest BCUT2D eigenvalue weighted by Gasteiger charge is -2.21. The number of hydrogen-bond donors (Lipinski definition) is 1. The number of hydrogen-bond acceptors (Lipinski definition) is 4. The van der Waals surface area contributed by atoms with Gasteiger partial charge in [0.25, 0.3) is 0 Å². The minimum absolute atomic E-state index is 0.266. The fourth-order valence-electron chi connectivity index (χ4n) is 1.79. The Bertz CT molecular complexity index is 385. The van der Waals surface area contributed by atoms with Crippen LogP contribution in [0.25, 0.3) is 0 Å². The van der Waals surface area contributed by atoms with Gasteiger partial charge < -0.3 is 10.0 Å². The molecule has 0 aliphatic carbocycles. The molecule has 1 rings (SSSR count). The second-order valence-electron chi connectivity index (χ2n) is 4.44. The summed E-state index contributed by atoms with van der Waals surface area (Å²) in [5.74, 6) is 1.69. The predicted molar refractivity (Wildman–Crippen MR) is 75.4 cm³/mol. The first-order chi connectivity index (χ1) is 8.60. The summed E-state index contributed by atoms with van der Waals surface area (Å²) < 4.78 is 0. The van der Waals surface area contributed by atoms with Gasteiger partial charge >= 0.3 is 0 Å². The van der Waals surface area contributed by atoms with Crippen LogP contribution in [0.5, 0.6) is 0 Å². The third kappa shape index (κ3) is 4.10. The van der Waals surface area contributed by atoms with E-state index in [1.165, 1.54) is 0 Å². The molecule has 0 aromatic carbocycles. The van der Waals surface area contributed by atoms with Crippen LogP contribution in [0.2, 0.25) is 5.15 Å². The fraction of sp³-hybridized carbons (Fsp3) is 0.692. The molecule has 0 fully saturated rings. The lowest BCUT2D eigenvalue weighted by molar-refractivity contribution is 0.283. The summed E-state index contributed by atoms with van der Waals surface area (Å²) in [6, 6.07) is 0. The summed E-state index contributed by atoms with van der Waals surface area (Å²) in [6.45, 7) is 5.15. The zero-order valence-corrected chi connectivity index (χ0v) is 12.2. The predicted octanol–water partition coefficient (Wildman–Crippen LogP) is 2.60. The molecule has 0 atom stereocenters. The Hall–Kier alpha value is -0.870. The van der Waals surface area contributed by atoms with Gasteiger partial charge in [0, 0.05) is 32.2 Å². The van der Waals surface area contributed by atoms with Gasteiger partial charge in [0.15, 0.2) is 0 Å². The molecule has 1 heterocycles. The van der Waals surface area contributed by atoms with Gasteiger partial charge in [-0.3, -0.25) is 0 Å². The zero-order valence-electron chi connectivity index (χ0n) is 11.4. The monoisotopic (exact) mass is 271 g/mol. The summed E-state index contributed by atoms with van der Waals surface area (Å²) in [7, 11) is 2.02. The van der Waals surface area contributed by atoms with Crippen LogP contribution in [-0.4, -0.2) is 35.3 Å². The molecule has 1 N–H and O–H groups in total. The molecule has 18 heavy (non-hydrogen) atoms. The number of anilines is 1. The maximum absolute atomic E-state index is 8.75. The van der Waals surface area contributed by atoms with Crippen LogP contribution in [0.4, 0.5) is 5.82 Å². The van der Waals surface area contributed by atoms with E-state index in [-0.39, 0.29) is 6.61 Å². The van der Waals surface area contributed by atoms with Crippen LogP contribution < -0.4 is 4.90 Å². The summed E-state index contributed by atoms with van der Waals surface area (Å²) >= 11 is 6.11. The van der Waals surface area contributed by atoms with Crippen molar-refractivity contribution < 1.29 is 5.11 Å². The van der Waals surface area contributed by atoms with Crippen LogP contribution >= 0.6 is 11.6 Å². The first-order valence-corrected chi connectivity index (χ1v) is 6.83. The Morgan fingerprint density at radius 3 is 2.56 bits per heavy atom. The van der Waals surface area contributed by atoms with Crippen molar-refractivity contribution in [1.29, 1.82) is 0 Å². The Balaban J connectivity index is 2.71. The molecule has 5 heteroatoms. The molecule has 0 unspecified atom stereocenters. The Labute approximate surface area is 114 Å². The van der Waals surface area contributed by atoms with Crippen LogP contribution in [0.15, 0.2) is 0 Å². The standard InChI is InChI=1S/C13H22ClN3O/c1-4-11-15-12(14)10(2)13(16-11)17(3)8-6-5-7-9-18/h18H,4-9H2,1-3H3. The van der Waals surface area contributed by atoms with Crippen molar-refractivity contribution in [2.45, 2.75) is 39.5 Å². The van der Waals surface area contributed by atoms with E-state index < -0.39 is 0 Å². The van der Waals surface area contributed by atoms with Crippen molar-refractivity contribution in [2.24, 2.45) is 0 Å². The van der Waals surface area contributed by atoms with E-state index in [1.54, 1.807) is 0 Å². The molecule has 0 amide bonds. The number of halogens is 1. The maximum Gasteiger partial charge on any atom is 0.137 e. The molecule has 1 aromatic rings. The maximum atomic E-state index is 8.75. The summed E-state index contributed by atoms with van der Waals surface area (Å²) in [4.78, 5) is 10.9. The van der Waals surface area contributed by atoms with Gasteiger partial charge in [-0.05, 0) is 26.2 Å². The minimum atomic E-state index is 0.266. The molecule has 4 nitrogen and oxygen atoms in total. The molecule has 0 aliphatic rings. The molecule has 0 saturated carbocycles. The SMILES string of the molecule is CCc1nc(Cl)c(C)c(N(C)CCCCCO)n1. The van der Waals surface area contributed by atoms with Gasteiger partial charge in [-0.1, -0.05) is 18.5 Å². The van der Waals surface area contributed by atoms with E-state index in [1.807, 2.05) is 20.9 Å². The van der Waals surface area contributed by atoms with E-state index in [0.29, 0.717) is 5.15 Å². The summed E-state index contributed by atoms with van der Waals surface area (Å²) in [5.41, 5.74) is 0.929. The van der Waals surface area contributed by atoms with Crippen molar-refractivity contribution >= 4 is 17.4 Å². The number of aliphatic hydroxyl groups is 1. The minimum Gasteiger partial charge on any atom is -0.396 e. The molecular weight excluding hydrogens is 250 g/mol. The second kappa shape index (κ2) is 7.54. The Morgan fingerprint density at radius 1 is 1.22 bits per heavy atom. The normalized spacial score (nSPS) is 10.7. The first-order valence-electron chi connectivity index (χ1n) is 6.45. The second-order valence-corrected chi connectivity index (χ2v) is 4.80. The highest BCUT2D eigenvalue weighted by molar-refractivity contribution is 6.30. The van der Waals surface area contributed by atoms with Gasteiger partial charge in [-0.25, -0.2) is 9.97 Å². The zero-order chi connectivity index (χ0) is 13.5. The topological polar surface area (TPSA) is 49.2 Å². The third-order valence-corrected chi connectivity index (χ3v) is 3.30. The average Bonchev–Trinajstić information content (AvgIpc) is 2.37. The highest BCUT2D eigenvalue weighted by Crippen LogP contribution is 2.23. The quantitative estimate of drug-likeness (QED) is 0.612. The van der Waals surface area contributed by atoms with E-state index >= 15 is 0 Å².